The van der Waals surface area contributed by atoms with Gasteiger partial charge in [0.25, 0.3) is 0 Å². The largest absolute Gasteiger partial charge is 0.452 e. The third kappa shape index (κ3) is 2.42. The number of halogens is 1. The van der Waals surface area contributed by atoms with Gasteiger partial charge in [0.2, 0.25) is 0 Å². The summed E-state index contributed by atoms with van der Waals surface area (Å²) in [5, 5.41) is 9.12. The molecule has 0 unspecified atom stereocenters. The lowest BCUT2D eigenvalue weighted by molar-refractivity contribution is 0.275. The summed E-state index contributed by atoms with van der Waals surface area (Å²) in [7, 11) is 0. The molecule has 0 aliphatic rings. The van der Waals surface area contributed by atoms with Crippen LogP contribution in [0.25, 0.3) is 0 Å². The van der Waals surface area contributed by atoms with E-state index in [4.69, 9.17) is 9.84 Å². The standard InChI is InChI=1S/C13H12FNO2/c1-9-3-2-4-11(13(9)14)17-12-7-15-6-5-10(12)8-16/h2-7,16H,8H2,1H3. The van der Waals surface area contributed by atoms with E-state index in [9.17, 15) is 4.39 Å². The number of aliphatic hydroxyl groups is 1. The highest BCUT2D eigenvalue weighted by Gasteiger charge is 2.09. The van der Waals surface area contributed by atoms with E-state index in [1.54, 1.807) is 31.3 Å². The van der Waals surface area contributed by atoms with Gasteiger partial charge in [0.05, 0.1) is 12.8 Å². The molecule has 0 bridgehead atoms. The number of aromatic nitrogens is 1. The van der Waals surface area contributed by atoms with Crippen LogP contribution in [0.3, 0.4) is 0 Å². The second-order valence-corrected chi connectivity index (χ2v) is 3.63. The van der Waals surface area contributed by atoms with Crippen molar-refractivity contribution >= 4 is 0 Å². The number of ether oxygens (including phenoxy) is 1. The van der Waals surface area contributed by atoms with Gasteiger partial charge < -0.3 is 9.84 Å². The minimum atomic E-state index is -0.403. The average molecular weight is 233 g/mol. The summed E-state index contributed by atoms with van der Waals surface area (Å²) in [6, 6.07) is 6.54. The summed E-state index contributed by atoms with van der Waals surface area (Å²) in [5.74, 6) is 0.0902. The first kappa shape index (κ1) is 11.5. The van der Waals surface area contributed by atoms with E-state index in [0.29, 0.717) is 16.9 Å². The van der Waals surface area contributed by atoms with Gasteiger partial charge in [-0.3, -0.25) is 4.98 Å². The van der Waals surface area contributed by atoms with Crippen LogP contribution >= 0.6 is 0 Å². The van der Waals surface area contributed by atoms with E-state index in [-0.39, 0.29) is 12.4 Å². The molecule has 0 saturated heterocycles. The lowest BCUT2D eigenvalue weighted by Crippen LogP contribution is -1.95. The summed E-state index contributed by atoms with van der Waals surface area (Å²) >= 11 is 0. The number of hydrogen-bond acceptors (Lipinski definition) is 3. The molecule has 0 aliphatic carbocycles. The molecule has 0 spiro atoms. The molecule has 3 nitrogen and oxygen atoms in total. The molecule has 1 aromatic heterocycles. The highest BCUT2D eigenvalue weighted by Crippen LogP contribution is 2.27. The summed E-state index contributed by atoms with van der Waals surface area (Å²) in [5.41, 5.74) is 1.08. The van der Waals surface area contributed by atoms with Crippen molar-refractivity contribution in [3.8, 4) is 11.5 Å². The van der Waals surface area contributed by atoms with Crippen molar-refractivity contribution in [2.24, 2.45) is 0 Å². The Bertz CT molecular complexity index is 529. The van der Waals surface area contributed by atoms with E-state index in [0.717, 1.165) is 0 Å². The maximum atomic E-state index is 13.7. The highest BCUT2D eigenvalue weighted by molar-refractivity contribution is 5.37. The third-order valence-electron chi connectivity index (χ3n) is 2.42. The topological polar surface area (TPSA) is 42.4 Å². The normalized spacial score (nSPS) is 10.3. The number of aliphatic hydroxyl groups excluding tert-OH is 1. The van der Waals surface area contributed by atoms with Crippen molar-refractivity contribution in [2.75, 3.05) is 0 Å². The fourth-order valence-corrected chi connectivity index (χ4v) is 1.45. The van der Waals surface area contributed by atoms with Crippen LogP contribution in [0.2, 0.25) is 0 Å². The highest BCUT2D eigenvalue weighted by atomic mass is 19.1. The molecule has 1 heterocycles. The Morgan fingerprint density at radius 1 is 1.29 bits per heavy atom. The fourth-order valence-electron chi connectivity index (χ4n) is 1.45. The van der Waals surface area contributed by atoms with E-state index < -0.39 is 5.82 Å². The maximum Gasteiger partial charge on any atom is 0.168 e. The summed E-state index contributed by atoms with van der Waals surface area (Å²) in [6.07, 6.45) is 3.00. The number of pyridine rings is 1. The third-order valence-corrected chi connectivity index (χ3v) is 2.42. The molecule has 88 valence electrons. The Morgan fingerprint density at radius 2 is 2.12 bits per heavy atom. The molecule has 0 aliphatic heterocycles. The maximum absolute atomic E-state index is 13.7. The Balaban J connectivity index is 2.35. The quantitative estimate of drug-likeness (QED) is 0.886. The van der Waals surface area contributed by atoms with Gasteiger partial charge in [0.15, 0.2) is 17.3 Å². The number of rotatable bonds is 3. The first-order valence-electron chi connectivity index (χ1n) is 5.19. The fraction of sp³-hybridized carbons (Fsp3) is 0.154. The Kier molecular flexibility index (Phi) is 3.35. The van der Waals surface area contributed by atoms with E-state index in [2.05, 4.69) is 4.98 Å². The van der Waals surface area contributed by atoms with Gasteiger partial charge in [-0.15, -0.1) is 0 Å². The number of hydrogen-bond donors (Lipinski definition) is 1. The SMILES string of the molecule is Cc1cccc(Oc2cnccc2CO)c1F. The van der Waals surface area contributed by atoms with Crippen LogP contribution < -0.4 is 4.74 Å². The molecule has 2 rings (SSSR count). The summed E-state index contributed by atoms with van der Waals surface area (Å²) in [6.45, 7) is 1.49. The Hall–Kier alpha value is -1.94. The van der Waals surface area contributed by atoms with Crippen molar-refractivity contribution in [3.63, 3.8) is 0 Å². The van der Waals surface area contributed by atoms with Crippen LogP contribution in [-0.2, 0) is 6.61 Å². The summed E-state index contributed by atoms with van der Waals surface area (Å²) < 4.78 is 19.1. The lowest BCUT2D eigenvalue weighted by Gasteiger charge is -2.10. The van der Waals surface area contributed by atoms with Gasteiger partial charge in [-0.05, 0) is 24.6 Å². The van der Waals surface area contributed by atoms with E-state index in [1.807, 2.05) is 0 Å². The Morgan fingerprint density at radius 3 is 2.88 bits per heavy atom. The second-order valence-electron chi connectivity index (χ2n) is 3.63. The number of benzene rings is 1. The van der Waals surface area contributed by atoms with Gasteiger partial charge in [-0.1, -0.05) is 12.1 Å². The van der Waals surface area contributed by atoms with Crippen molar-refractivity contribution in [1.29, 1.82) is 0 Å². The van der Waals surface area contributed by atoms with Gasteiger partial charge in [-0.2, -0.15) is 0 Å². The van der Waals surface area contributed by atoms with Gasteiger partial charge in [0.1, 0.15) is 0 Å². The monoisotopic (exact) mass is 233 g/mol. The van der Waals surface area contributed by atoms with Crippen LogP contribution in [0.1, 0.15) is 11.1 Å². The van der Waals surface area contributed by atoms with Crippen LogP contribution in [0.15, 0.2) is 36.7 Å². The summed E-state index contributed by atoms with van der Waals surface area (Å²) in [4.78, 5) is 3.88. The number of aryl methyl sites for hydroxylation is 1. The zero-order valence-electron chi connectivity index (χ0n) is 9.35. The zero-order chi connectivity index (χ0) is 12.3. The molecule has 1 N–H and O–H groups in total. The van der Waals surface area contributed by atoms with Crippen LogP contribution in [0.5, 0.6) is 11.5 Å². The van der Waals surface area contributed by atoms with Crippen molar-refractivity contribution in [3.05, 3.63) is 53.6 Å². The molecular weight excluding hydrogens is 221 g/mol. The second kappa shape index (κ2) is 4.93. The minimum absolute atomic E-state index is 0.132. The molecular formula is C13H12FNO2. The molecule has 0 saturated carbocycles. The number of nitrogens with zero attached hydrogens (tertiary/aromatic N) is 1. The van der Waals surface area contributed by atoms with E-state index in [1.165, 1.54) is 12.3 Å². The van der Waals surface area contributed by atoms with Crippen LogP contribution in [0, 0.1) is 12.7 Å². The van der Waals surface area contributed by atoms with Crippen molar-refractivity contribution < 1.29 is 14.2 Å². The average Bonchev–Trinajstić information content (AvgIpc) is 2.35. The predicted octanol–water partition coefficient (Wildman–Crippen LogP) is 2.81. The zero-order valence-corrected chi connectivity index (χ0v) is 9.35. The smallest absolute Gasteiger partial charge is 0.168 e. The molecule has 0 atom stereocenters. The molecule has 1 aromatic carbocycles. The van der Waals surface area contributed by atoms with Gasteiger partial charge >= 0.3 is 0 Å². The minimum Gasteiger partial charge on any atom is -0.452 e. The molecule has 0 fully saturated rings. The first-order valence-corrected chi connectivity index (χ1v) is 5.19. The van der Waals surface area contributed by atoms with Crippen LogP contribution in [0.4, 0.5) is 4.39 Å². The van der Waals surface area contributed by atoms with Crippen molar-refractivity contribution in [1.82, 2.24) is 4.98 Å². The first-order chi connectivity index (χ1) is 8.22. The molecule has 17 heavy (non-hydrogen) atoms. The molecule has 2 aromatic rings. The van der Waals surface area contributed by atoms with Crippen molar-refractivity contribution in [2.45, 2.75) is 13.5 Å². The molecule has 0 radical (unpaired) electrons. The molecule has 0 amide bonds. The van der Waals surface area contributed by atoms with Gasteiger partial charge in [-0.25, -0.2) is 4.39 Å². The molecule has 4 heteroatoms. The van der Waals surface area contributed by atoms with Gasteiger partial charge in [0, 0.05) is 11.8 Å². The van der Waals surface area contributed by atoms with E-state index >= 15 is 0 Å². The predicted molar refractivity (Wildman–Crippen MR) is 61.4 cm³/mol. The lowest BCUT2D eigenvalue weighted by atomic mass is 10.2. The van der Waals surface area contributed by atoms with Crippen LogP contribution in [-0.4, -0.2) is 10.1 Å². The Labute approximate surface area is 98.5 Å².